The summed E-state index contributed by atoms with van der Waals surface area (Å²) in [6.07, 6.45) is 1.12. The van der Waals surface area contributed by atoms with Crippen molar-refractivity contribution in [1.82, 2.24) is 9.88 Å². The highest BCUT2D eigenvalue weighted by Crippen LogP contribution is 2.43. The highest BCUT2D eigenvalue weighted by molar-refractivity contribution is 6.04. The number of rotatable bonds is 5. The summed E-state index contributed by atoms with van der Waals surface area (Å²) in [5.74, 6) is 0.158. The first kappa shape index (κ1) is 25.2. The van der Waals surface area contributed by atoms with Gasteiger partial charge in [0.25, 0.3) is 5.91 Å². The Labute approximate surface area is 204 Å². The van der Waals surface area contributed by atoms with E-state index in [1.54, 1.807) is 33.2 Å². The molecule has 1 aromatic carbocycles. The fourth-order valence-corrected chi connectivity index (χ4v) is 4.98. The van der Waals surface area contributed by atoms with E-state index in [9.17, 15) is 20.1 Å². The Morgan fingerprint density at radius 3 is 2.66 bits per heavy atom. The number of benzene rings is 1. The van der Waals surface area contributed by atoms with Crippen LogP contribution in [0.25, 0.3) is 6.08 Å². The predicted octanol–water partition coefficient (Wildman–Crippen LogP) is 1.77. The molecule has 2 aliphatic heterocycles. The summed E-state index contributed by atoms with van der Waals surface area (Å²) in [6, 6.07) is 2.73. The number of carbonyl (C=O) groups is 1. The zero-order valence-corrected chi connectivity index (χ0v) is 20.7. The van der Waals surface area contributed by atoms with E-state index in [-0.39, 0.29) is 11.3 Å². The highest BCUT2D eigenvalue weighted by Gasteiger charge is 2.52. The second-order valence-corrected chi connectivity index (χ2v) is 9.14. The topological polar surface area (TPSA) is 134 Å². The Kier molecular flexibility index (Phi) is 6.69. The second-order valence-electron chi connectivity index (χ2n) is 9.14. The van der Waals surface area contributed by atoms with Crippen LogP contribution in [0.5, 0.6) is 11.5 Å². The molecule has 0 radical (unpaired) electrons. The number of aliphatic hydroxyl groups excluding tert-OH is 2. The molecule has 190 valence electrons. The van der Waals surface area contributed by atoms with Crippen molar-refractivity contribution in [3.8, 4) is 11.5 Å². The summed E-state index contributed by atoms with van der Waals surface area (Å²) < 4.78 is 18.9. The van der Waals surface area contributed by atoms with Gasteiger partial charge in [0.05, 0.1) is 36.2 Å². The van der Waals surface area contributed by atoms with E-state index in [0.717, 1.165) is 5.56 Å². The zero-order valence-electron chi connectivity index (χ0n) is 20.7. The third-order valence-electron chi connectivity index (χ3n) is 6.79. The summed E-state index contributed by atoms with van der Waals surface area (Å²) in [4.78, 5) is 13.6. The van der Waals surface area contributed by atoms with Crippen molar-refractivity contribution in [1.29, 1.82) is 0 Å². The van der Waals surface area contributed by atoms with Crippen LogP contribution in [-0.2, 0) is 4.74 Å². The number of aliphatic hydroxyl groups is 3. The minimum atomic E-state index is -1.54. The number of nitrogens with one attached hydrogen (secondary N) is 2. The largest absolute Gasteiger partial charge is 0.494 e. The van der Waals surface area contributed by atoms with Crippen molar-refractivity contribution >= 4 is 17.7 Å². The number of hydrogen-bond donors (Lipinski definition) is 5. The fourth-order valence-electron chi connectivity index (χ4n) is 4.98. The first-order valence-corrected chi connectivity index (χ1v) is 11.5. The molecule has 1 unspecified atom stereocenters. The minimum absolute atomic E-state index is 0.209. The van der Waals surface area contributed by atoms with Gasteiger partial charge in [-0.15, -0.1) is 0 Å². The number of hydrogen-bond acceptors (Lipinski definition) is 9. The predicted molar refractivity (Wildman–Crippen MR) is 130 cm³/mol. The number of likely N-dealkylation sites (N-methyl/N-ethyl adjacent to an activating group) is 1. The van der Waals surface area contributed by atoms with Crippen molar-refractivity contribution in [3.05, 3.63) is 46.8 Å². The van der Waals surface area contributed by atoms with Crippen LogP contribution < -0.4 is 20.1 Å². The minimum Gasteiger partial charge on any atom is -0.494 e. The maximum atomic E-state index is 13.6. The zero-order chi connectivity index (χ0) is 25.7. The third-order valence-corrected chi connectivity index (χ3v) is 6.79. The van der Waals surface area contributed by atoms with E-state index in [2.05, 4.69) is 10.6 Å². The summed E-state index contributed by atoms with van der Waals surface area (Å²) in [5.41, 5.74) is 0.679. The van der Waals surface area contributed by atoms with Crippen LogP contribution >= 0.6 is 0 Å². The molecule has 10 nitrogen and oxygen atoms in total. The molecule has 3 heterocycles. The number of allylic oxidation sites excluding steroid dienone is 1. The molecule has 1 fully saturated rings. The van der Waals surface area contributed by atoms with Crippen LogP contribution in [0.1, 0.15) is 54.2 Å². The summed E-state index contributed by atoms with van der Waals surface area (Å²) in [6.45, 7) is 6.89. The number of fused-ring (bicyclic) bond motifs is 2. The monoisotopic (exact) mass is 487 g/mol. The molecule has 0 saturated carbocycles. The lowest BCUT2D eigenvalue weighted by Gasteiger charge is -2.47. The van der Waals surface area contributed by atoms with Crippen LogP contribution in [0.3, 0.4) is 0 Å². The van der Waals surface area contributed by atoms with Gasteiger partial charge in [0, 0.05) is 11.8 Å². The maximum Gasteiger partial charge on any atom is 0.264 e. The van der Waals surface area contributed by atoms with Gasteiger partial charge in [-0.25, -0.2) is 0 Å². The number of ether oxygens (including phenoxy) is 3. The average molecular weight is 488 g/mol. The van der Waals surface area contributed by atoms with Crippen LogP contribution in [0, 0.1) is 6.92 Å². The molecule has 1 aromatic heterocycles. The molecular formula is C25H33N3O7. The Morgan fingerprint density at radius 2 is 2.03 bits per heavy atom. The van der Waals surface area contributed by atoms with E-state index in [4.69, 9.17) is 14.2 Å². The van der Waals surface area contributed by atoms with Crippen molar-refractivity contribution in [2.75, 3.05) is 19.5 Å². The molecule has 6 atom stereocenters. The van der Waals surface area contributed by atoms with Gasteiger partial charge in [0.15, 0.2) is 6.23 Å². The molecular weight excluding hydrogens is 454 g/mol. The van der Waals surface area contributed by atoms with Gasteiger partial charge in [-0.1, -0.05) is 12.2 Å². The molecule has 4 rings (SSSR count). The van der Waals surface area contributed by atoms with Gasteiger partial charge in [0.2, 0.25) is 6.29 Å². The third kappa shape index (κ3) is 4.11. The lowest BCUT2D eigenvalue weighted by molar-refractivity contribution is -0.272. The SMILES string of the molecule is C/C=C\c1cc2n(c1)C(=O)c1cc(O[C@@H]3O[C@H](C)[C@@H](NC)[C@@](C)(O)[C@@H]3O)c(C)c(OC)c1NC2O. The highest BCUT2D eigenvalue weighted by atomic mass is 16.7. The number of methoxy groups -OCH3 is 1. The molecule has 35 heavy (non-hydrogen) atoms. The molecule has 1 saturated heterocycles. The van der Waals surface area contributed by atoms with Crippen molar-refractivity contribution in [2.24, 2.45) is 0 Å². The molecule has 0 amide bonds. The van der Waals surface area contributed by atoms with Crippen molar-refractivity contribution < 1.29 is 34.3 Å². The van der Waals surface area contributed by atoms with Crippen LogP contribution in [0.15, 0.2) is 24.4 Å². The number of aromatic nitrogens is 1. The Bertz CT molecular complexity index is 1160. The van der Waals surface area contributed by atoms with E-state index in [0.29, 0.717) is 22.7 Å². The first-order chi connectivity index (χ1) is 16.5. The van der Waals surface area contributed by atoms with Gasteiger partial charge >= 0.3 is 0 Å². The van der Waals surface area contributed by atoms with Gasteiger partial charge in [0.1, 0.15) is 23.2 Å². The molecule has 0 spiro atoms. The van der Waals surface area contributed by atoms with Gasteiger partial charge in [-0.2, -0.15) is 0 Å². The van der Waals surface area contributed by atoms with Crippen LogP contribution in [0.4, 0.5) is 5.69 Å². The Hall–Kier alpha value is -2.89. The van der Waals surface area contributed by atoms with Crippen LogP contribution in [-0.4, -0.2) is 70.1 Å². The van der Waals surface area contributed by atoms with Gasteiger partial charge in [-0.05, 0) is 52.4 Å². The first-order valence-electron chi connectivity index (χ1n) is 11.5. The Morgan fingerprint density at radius 1 is 1.31 bits per heavy atom. The lowest BCUT2D eigenvalue weighted by atomic mass is 9.84. The van der Waals surface area contributed by atoms with Gasteiger partial charge < -0.3 is 40.2 Å². The number of carbonyl (C=O) groups excluding carboxylic acids is 1. The average Bonchev–Trinajstić information content (AvgIpc) is 3.19. The number of nitrogens with zero attached hydrogens (tertiary/aromatic N) is 1. The molecule has 0 aliphatic carbocycles. The number of anilines is 1. The smallest absolute Gasteiger partial charge is 0.264 e. The van der Waals surface area contributed by atoms with Crippen molar-refractivity contribution in [3.63, 3.8) is 0 Å². The second kappa shape index (κ2) is 9.29. The normalized spacial score (nSPS) is 30.4. The van der Waals surface area contributed by atoms with Crippen molar-refractivity contribution in [2.45, 2.75) is 64.1 Å². The van der Waals surface area contributed by atoms with Crippen LogP contribution in [0.2, 0.25) is 0 Å². The molecule has 10 heteroatoms. The molecule has 0 bridgehead atoms. The standard InChI is InChI=1S/C25H33N3O7/c1-7-8-14-9-16-22(30)27-18-15(23(31)28(16)11-14)10-17(12(2)19(18)33-6)35-24-21(29)25(4,32)20(26-5)13(3)34-24/h7-11,13,20-22,24,26-27,29-30,32H,1-6H3/b8-7-/t13-,20-,21-,22?,24+,25-/m1/s1. The lowest BCUT2D eigenvalue weighted by Crippen LogP contribution is -2.69. The fraction of sp³-hybridized carbons (Fsp3) is 0.480. The summed E-state index contributed by atoms with van der Waals surface area (Å²) in [7, 11) is 3.13. The van der Waals surface area contributed by atoms with E-state index < -0.39 is 42.3 Å². The molecule has 2 aliphatic rings. The molecule has 2 aromatic rings. The van der Waals surface area contributed by atoms with E-state index in [1.807, 2.05) is 19.1 Å². The van der Waals surface area contributed by atoms with E-state index >= 15 is 0 Å². The summed E-state index contributed by atoms with van der Waals surface area (Å²) >= 11 is 0. The quantitative estimate of drug-likeness (QED) is 0.428. The maximum absolute atomic E-state index is 13.6. The van der Waals surface area contributed by atoms with E-state index in [1.165, 1.54) is 24.7 Å². The molecule has 5 N–H and O–H groups in total. The Balaban J connectivity index is 1.77. The van der Waals surface area contributed by atoms with Gasteiger partial charge in [-0.3, -0.25) is 9.36 Å². The summed E-state index contributed by atoms with van der Waals surface area (Å²) in [5, 5.41) is 38.6.